The Morgan fingerprint density at radius 1 is 1.21 bits per heavy atom. The van der Waals surface area contributed by atoms with E-state index in [1.807, 2.05) is 13.0 Å². The number of hydrogen-bond acceptors (Lipinski definition) is 5. The molecule has 1 aliphatic carbocycles. The van der Waals surface area contributed by atoms with Crippen molar-refractivity contribution in [2.24, 2.45) is 0 Å². The molecular formula is C27H25F3N6O2. The molecule has 1 fully saturated rings. The fourth-order valence-corrected chi connectivity index (χ4v) is 4.81. The largest absolute Gasteiger partial charge is 0.390 e. The van der Waals surface area contributed by atoms with E-state index >= 15 is 0 Å². The molecule has 1 saturated carbocycles. The molecule has 1 aliphatic heterocycles. The maximum absolute atomic E-state index is 13.6. The van der Waals surface area contributed by atoms with Crippen molar-refractivity contribution in [2.45, 2.75) is 57.0 Å². The average molecular weight is 523 g/mol. The molecule has 0 unspecified atom stereocenters. The number of alkyl halides is 3. The van der Waals surface area contributed by atoms with E-state index in [1.54, 1.807) is 47.4 Å². The summed E-state index contributed by atoms with van der Waals surface area (Å²) in [5.41, 5.74) is 1.64. The molecule has 2 aromatic carbocycles. The van der Waals surface area contributed by atoms with Crippen LogP contribution in [0.2, 0.25) is 0 Å². The summed E-state index contributed by atoms with van der Waals surface area (Å²) >= 11 is 0. The average Bonchev–Trinajstić information content (AvgIpc) is 3.48. The number of benzene rings is 2. The number of nitrogens with one attached hydrogen (secondary N) is 2. The lowest BCUT2D eigenvalue weighted by molar-refractivity contribution is -0.142. The van der Waals surface area contributed by atoms with Crippen LogP contribution in [0.4, 0.5) is 24.5 Å². The van der Waals surface area contributed by atoms with Crippen LogP contribution in [-0.2, 0) is 13.1 Å². The Kier molecular flexibility index (Phi) is 6.44. The van der Waals surface area contributed by atoms with Gasteiger partial charge in [0, 0.05) is 23.5 Å². The van der Waals surface area contributed by atoms with E-state index in [4.69, 9.17) is 5.26 Å². The summed E-state index contributed by atoms with van der Waals surface area (Å²) in [5.74, 6) is -0.899. The number of amides is 2. The molecule has 5 rings (SSSR count). The number of aromatic nitrogens is 2. The van der Waals surface area contributed by atoms with Crippen LogP contribution in [0.15, 0.2) is 54.7 Å². The minimum absolute atomic E-state index is 0.120. The van der Waals surface area contributed by atoms with Crippen LogP contribution in [0.3, 0.4) is 0 Å². The third kappa shape index (κ3) is 5.26. The molecule has 3 aromatic rings. The summed E-state index contributed by atoms with van der Waals surface area (Å²) < 4.78 is 40.0. The molecule has 2 N–H and O–H groups in total. The van der Waals surface area contributed by atoms with Crippen LogP contribution >= 0.6 is 0 Å². The van der Waals surface area contributed by atoms with E-state index in [0.29, 0.717) is 42.9 Å². The summed E-state index contributed by atoms with van der Waals surface area (Å²) in [5, 5.41) is 19.1. The summed E-state index contributed by atoms with van der Waals surface area (Å²) in [7, 11) is 0. The standard InChI is InChI=1S/C27H25F3N6O2/c1-17-15-35-23(22(14-33-35)24(37)34-20-4-2-3-19(11-20)12-31)25(38)36(17)21-7-5-18(6-8-21)13-32-26(9-10-26)16-27(28,29)30/h2-8,11,14,17,32H,9-10,13,15-16H2,1H3,(H,34,37)/t17-/m0/s1. The molecule has 2 amide bonds. The van der Waals surface area contributed by atoms with E-state index in [-0.39, 0.29) is 23.2 Å². The molecule has 1 aromatic heterocycles. The van der Waals surface area contributed by atoms with Gasteiger partial charge in [0.1, 0.15) is 5.69 Å². The Morgan fingerprint density at radius 2 is 1.95 bits per heavy atom. The maximum atomic E-state index is 13.6. The number of anilines is 2. The quantitative estimate of drug-likeness (QED) is 0.471. The van der Waals surface area contributed by atoms with Crippen LogP contribution in [0.5, 0.6) is 0 Å². The molecule has 0 bridgehead atoms. The van der Waals surface area contributed by atoms with Gasteiger partial charge >= 0.3 is 6.18 Å². The predicted molar refractivity (Wildman–Crippen MR) is 134 cm³/mol. The van der Waals surface area contributed by atoms with Crippen molar-refractivity contribution in [3.05, 3.63) is 77.1 Å². The predicted octanol–water partition coefficient (Wildman–Crippen LogP) is 4.63. The lowest BCUT2D eigenvalue weighted by Gasteiger charge is -2.34. The minimum Gasteiger partial charge on any atom is -0.322 e. The van der Waals surface area contributed by atoms with Crippen molar-refractivity contribution in [1.82, 2.24) is 15.1 Å². The first kappa shape index (κ1) is 25.5. The van der Waals surface area contributed by atoms with Crippen LogP contribution in [0.25, 0.3) is 0 Å². The minimum atomic E-state index is -4.21. The summed E-state index contributed by atoms with van der Waals surface area (Å²) in [6.07, 6.45) is -2.70. The molecule has 8 nitrogen and oxygen atoms in total. The first-order valence-corrected chi connectivity index (χ1v) is 12.2. The van der Waals surface area contributed by atoms with E-state index in [2.05, 4.69) is 15.7 Å². The second-order valence-corrected chi connectivity index (χ2v) is 9.85. The highest BCUT2D eigenvalue weighted by atomic mass is 19.4. The number of nitrogens with zero attached hydrogens (tertiary/aromatic N) is 4. The van der Waals surface area contributed by atoms with Crippen LogP contribution in [-0.4, -0.2) is 39.4 Å². The number of carbonyl (C=O) groups is 2. The maximum Gasteiger partial charge on any atom is 0.390 e. The second kappa shape index (κ2) is 9.61. The van der Waals surface area contributed by atoms with Gasteiger partial charge in [-0.15, -0.1) is 0 Å². The molecule has 0 spiro atoms. The number of rotatable bonds is 7. The number of carbonyl (C=O) groups excluding carboxylic acids is 2. The van der Waals surface area contributed by atoms with Crippen molar-refractivity contribution in [3.63, 3.8) is 0 Å². The van der Waals surface area contributed by atoms with Gasteiger partial charge in [-0.2, -0.15) is 23.5 Å². The van der Waals surface area contributed by atoms with E-state index in [0.717, 1.165) is 5.56 Å². The van der Waals surface area contributed by atoms with Crippen LogP contribution in [0, 0.1) is 11.3 Å². The number of hydrogen-bond donors (Lipinski definition) is 2. The Bertz CT molecular complexity index is 1420. The van der Waals surface area contributed by atoms with Gasteiger partial charge in [0.25, 0.3) is 11.8 Å². The zero-order chi connectivity index (χ0) is 27.1. The van der Waals surface area contributed by atoms with Gasteiger partial charge < -0.3 is 15.5 Å². The van der Waals surface area contributed by atoms with E-state index in [1.165, 1.54) is 16.9 Å². The van der Waals surface area contributed by atoms with E-state index < -0.39 is 24.0 Å². The molecule has 196 valence electrons. The molecular weight excluding hydrogens is 497 g/mol. The molecule has 2 aliphatic rings. The molecule has 0 saturated heterocycles. The van der Waals surface area contributed by atoms with Gasteiger partial charge in [-0.1, -0.05) is 18.2 Å². The molecule has 38 heavy (non-hydrogen) atoms. The lowest BCUT2D eigenvalue weighted by atomic mass is 10.1. The normalized spacial score (nSPS) is 18.0. The molecule has 0 radical (unpaired) electrons. The Labute approximate surface area is 217 Å². The Hall–Kier alpha value is -4.17. The number of nitriles is 1. The van der Waals surface area contributed by atoms with Gasteiger partial charge in [-0.05, 0) is 55.7 Å². The highest BCUT2D eigenvalue weighted by molar-refractivity contribution is 6.15. The number of halogens is 3. The smallest absolute Gasteiger partial charge is 0.322 e. The molecule has 1 atom stereocenters. The zero-order valence-corrected chi connectivity index (χ0v) is 20.5. The van der Waals surface area contributed by atoms with Crippen molar-refractivity contribution >= 4 is 23.2 Å². The Morgan fingerprint density at radius 3 is 2.61 bits per heavy atom. The van der Waals surface area contributed by atoms with Crippen molar-refractivity contribution in [1.29, 1.82) is 5.26 Å². The second-order valence-electron chi connectivity index (χ2n) is 9.85. The van der Waals surface area contributed by atoms with Gasteiger partial charge in [0.2, 0.25) is 0 Å². The lowest BCUT2D eigenvalue weighted by Crippen LogP contribution is -2.47. The van der Waals surface area contributed by atoms with Crippen molar-refractivity contribution < 1.29 is 22.8 Å². The summed E-state index contributed by atoms with van der Waals surface area (Å²) in [6, 6.07) is 15.3. The first-order valence-electron chi connectivity index (χ1n) is 12.2. The van der Waals surface area contributed by atoms with Crippen molar-refractivity contribution in [2.75, 3.05) is 10.2 Å². The number of fused-ring (bicyclic) bond motifs is 1. The zero-order valence-electron chi connectivity index (χ0n) is 20.5. The third-order valence-corrected chi connectivity index (χ3v) is 6.91. The van der Waals surface area contributed by atoms with Crippen molar-refractivity contribution in [3.8, 4) is 6.07 Å². The van der Waals surface area contributed by atoms with Gasteiger partial charge in [0.05, 0.1) is 42.4 Å². The van der Waals surface area contributed by atoms with E-state index in [9.17, 15) is 22.8 Å². The highest BCUT2D eigenvalue weighted by Gasteiger charge is 2.50. The molecule has 2 heterocycles. The monoisotopic (exact) mass is 522 g/mol. The summed E-state index contributed by atoms with van der Waals surface area (Å²) in [6.45, 7) is 2.55. The first-order chi connectivity index (χ1) is 18.1. The fraction of sp³-hybridized carbons (Fsp3) is 0.333. The van der Waals surface area contributed by atoms with Crippen LogP contribution in [0.1, 0.15) is 58.2 Å². The fourth-order valence-electron chi connectivity index (χ4n) is 4.81. The van der Waals surface area contributed by atoms with Gasteiger partial charge in [0.15, 0.2) is 0 Å². The third-order valence-electron chi connectivity index (χ3n) is 6.91. The highest BCUT2D eigenvalue weighted by Crippen LogP contribution is 2.44. The van der Waals surface area contributed by atoms with Gasteiger partial charge in [-0.3, -0.25) is 14.3 Å². The summed E-state index contributed by atoms with van der Waals surface area (Å²) in [4.78, 5) is 28.2. The van der Waals surface area contributed by atoms with Crippen LogP contribution < -0.4 is 15.5 Å². The Balaban J connectivity index is 1.31. The molecule has 11 heteroatoms. The van der Waals surface area contributed by atoms with Gasteiger partial charge in [-0.25, -0.2) is 0 Å². The SMILES string of the molecule is C[C@H]1Cn2ncc(C(=O)Nc3cccc(C#N)c3)c2C(=O)N1c1ccc(CNC2(CC(F)(F)F)CC2)cc1. The topological polar surface area (TPSA) is 103 Å².